The van der Waals surface area contributed by atoms with Crippen LogP contribution in [0.2, 0.25) is 0 Å². The number of aliphatic hydroxyl groups is 1. The van der Waals surface area contributed by atoms with E-state index in [-0.39, 0.29) is 5.41 Å². The molecule has 1 saturated carbocycles. The molecule has 0 heterocycles. The number of aliphatic hydroxyl groups excluding tert-OH is 1. The standard InChI is InChI=1S/C15H31NO/c1-12(2)14(4)16(5)10-15(11-17)8-6-13(3)7-9-15/h12-14,17H,6-11H2,1-5H3. The van der Waals surface area contributed by atoms with Gasteiger partial charge in [0, 0.05) is 24.6 Å². The summed E-state index contributed by atoms with van der Waals surface area (Å²) in [7, 11) is 2.21. The monoisotopic (exact) mass is 241 g/mol. The number of nitrogens with zero attached hydrogens (tertiary/aromatic N) is 1. The maximum absolute atomic E-state index is 9.77. The largest absolute Gasteiger partial charge is 0.396 e. The van der Waals surface area contributed by atoms with Crippen molar-refractivity contribution in [2.75, 3.05) is 20.2 Å². The Balaban J connectivity index is 2.57. The molecule has 0 amide bonds. The SMILES string of the molecule is CC1CCC(CO)(CN(C)C(C)C(C)C)CC1. The molecular formula is C15H31NO. The van der Waals surface area contributed by atoms with Gasteiger partial charge in [0.15, 0.2) is 0 Å². The molecular weight excluding hydrogens is 210 g/mol. The summed E-state index contributed by atoms with van der Waals surface area (Å²) in [6.45, 7) is 10.6. The Morgan fingerprint density at radius 3 is 2.18 bits per heavy atom. The van der Waals surface area contributed by atoms with E-state index in [2.05, 4.69) is 39.6 Å². The molecule has 1 atom stereocenters. The third-order valence-corrected chi connectivity index (χ3v) is 4.92. The Bertz CT molecular complexity index is 219. The normalized spacial score (nSPS) is 32.1. The van der Waals surface area contributed by atoms with Crippen molar-refractivity contribution < 1.29 is 5.11 Å². The van der Waals surface area contributed by atoms with Gasteiger partial charge in [0.05, 0.1) is 0 Å². The minimum absolute atomic E-state index is 0.171. The van der Waals surface area contributed by atoms with Gasteiger partial charge in [-0.3, -0.25) is 0 Å². The second-order valence-electron chi connectivity index (χ2n) is 6.74. The second-order valence-corrected chi connectivity index (χ2v) is 6.74. The molecule has 0 aromatic carbocycles. The maximum atomic E-state index is 9.77. The lowest BCUT2D eigenvalue weighted by Gasteiger charge is -2.42. The predicted octanol–water partition coefficient (Wildman–Crippen LogP) is 3.15. The molecule has 2 heteroatoms. The predicted molar refractivity (Wildman–Crippen MR) is 74.1 cm³/mol. The summed E-state index contributed by atoms with van der Waals surface area (Å²) >= 11 is 0. The number of hydrogen-bond acceptors (Lipinski definition) is 2. The van der Waals surface area contributed by atoms with Crippen molar-refractivity contribution in [3.63, 3.8) is 0 Å². The van der Waals surface area contributed by atoms with Crippen LogP contribution in [0.1, 0.15) is 53.4 Å². The van der Waals surface area contributed by atoms with Crippen molar-refractivity contribution in [3.05, 3.63) is 0 Å². The fourth-order valence-corrected chi connectivity index (χ4v) is 2.92. The summed E-state index contributed by atoms with van der Waals surface area (Å²) in [5.41, 5.74) is 0.171. The zero-order valence-corrected chi connectivity index (χ0v) is 12.4. The molecule has 1 fully saturated rings. The molecule has 2 nitrogen and oxygen atoms in total. The Labute approximate surface area is 107 Å². The van der Waals surface area contributed by atoms with E-state index < -0.39 is 0 Å². The zero-order valence-electron chi connectivity index (χ0n) is 12.4. The highest BCUT2D eigenvalue weighted by atomic mass is 16.3. The number of rotatable bonds is 5. The first-order chi connectivity index (χ1) is 7.90. The molecule has 17 heavy (non-hydrogen) atoms. The van der Waals surface area contributed by atoms with Gasteiger partial charge in [0.1, 0.15) is 0 Å². The van der Waals surface area contributed by atoms with Crippen LogP contribution in [-0.4, -0.2) is 36.2 Å². The van der Waals surface area contributed by atoms with Gasteiger partial charge in [-0.25, -0.2) is 0 Å². The van der Waals surface area contributed by atoms with Gasteiger partial charge in [0.25, 0.3) is 0 Å². The molecule has 1 N–H and O–H groups in total. The van der Waals surface area contributed by atoms with Crippen molar-refractivity contribution in [2.24, 2.45) is 17.3 Å². The van der Waals surface area contributed by atoms with E-state index in [1.54, 1.807) is 0 Å². The molecule has 1 aliphatic rings. The lowest BCUT2D eigenvalue weighted by molar-refractivity contribution is 0.0212. The second kappa shape index (κ2) is 6.19. The third-order valence-electron chi connectivity index (χ3n) is 4.92. The summed E-state index contributed by atoms with van der Waals surface area (Å²) < 4.78 is 0. The van der Waals surface area contributed by atoms with E-state index in [0.29, 0.717) is 18.6 Å². The van der Waals surface area contributed by atoms with Crippen LogP contribution in [0.5, 0.6) is 0 Å². The highest BCUT2D eigenvalue weighted by Gasteiger charge is 2.35. The summed E-state index contributed by atoms with van der Waals surface area (Å²) in [6.07, 6.45) is 4.95. The van der Waals surface area contributed by atoms with Crippen molar-refractivity contribution in [1.29, 1.82) is 0 Å². The third kappa shape index (κ3) is 3.96. The quantitative estimate of drug-likeness (QED) is 0.799. The minimum Gasteiger partial charge on any atom is -0.396 e. The Hall–Kier alpha value is -0.0800. The van der Waals surface area contributed by atoms with E-state index in [1.807, 2.05) is 0 Å². The first-order valence-electron chi connectivity index (χ1n) is 7.21. The average molecular weight is 241 g/mol. The van der Waals surface area contributed by atoms with E-state index >= 15 is 0 Å². The van der Waals surface area contributed by atoms with Crippen LogP contribution in [0.25, 0.3) is 0 Å². The van der Waals surface area contributed by atoms with Crippen LogP contribution < -0.4 is 0 Å². The first kappa shape index (κ1) is 15.0. The van der Waals surface area contributed by atoms with Gasteiger partial charge in [-0.05, 0) is 38.6 Å². The fourth-order valence-electron chi connectivity index (χ4n) is 2.92. The summed E-state index contributed by atoms with van der Waals surface area (Å²) in [4.78, 5) is 2.44. The topological polar surface area (TPSA) is 23.5 Å². The number of hydrogen-bond donors (Lipinski definition) is 1. The maximum Gasteiger partial charge on any atom is 0.0499 e. The molecule has 0 aromatic heterocycles. The van der Waals surface area contributed by atoms with Crippen molar-refractivity contribution in [1.82, 2.24) is 4.90 Å². The van der Waals surface area contributed by atoms with Gasteiger partial charge in [0.2, 0.25) is 0 Å². The van der Waals surface area contributed by atoms with Crippen LogP contribution >= 0.6 is 0 Å². The summed E-state index contributed by atoms with van der Waals surface area (Å²) in [6, 6.07) is 0.595. The van der Waals surface area contributed by atoms with Gasteiger partial charge < -0.3 is 10.0 Å². The van der Waals surface area contributed by atoms with Crippen LogP contribution in [0.4, 0.5) is 0 Å². The molecule has 102 valence electrons. The van der Waals surface area contributed by atoms with Gasteiger partial charge in [-0.2, -0.15) is 0 Å². The fraction of sp³-hybridized carbons (Fsp3) is 1.00. The highest BCUT2D eigenvalue weighted by molar-refractivity contribution is 4.87. The molecule has 0 bridgehead atoms. The van der Waals surface area contributed by atoms with Crippen molar-refractivity contribution >= 4 is 0 Å². The molecule has 1 rings (SSSR count). The van der Waals surface area contributed by atoms with E-state index in [9.17, 15) is 5.11 Å². The van der Waals surface area contributed by atoms with Crippen LogP contribution in [0.3, 0.4) is 0 Å². The molecule has 1 aliphatic carbocycles. The van der Waals surface area contributed by atoms with Crippen LogP contribution in [0, 0.1) is 17.3 Å². The van der Waals surface area contributed by atoms with E-state index in [4.69, 9.17) is 0 Å². The van der Waals surface area contributed by atoms with E-state index in [0.717, 1.165) is 12.5 Å². The molecule has 0 saturated heterocycles. The van der Waals surface area contributed by atoms with Crippen molar-refractivity contribution in [3.8, 4) is 0 Å². The Morgan fingerprint density at radius 1 is 1.24 bits per heavy atom. The zero-order chi connectivity index (χ0) is 13.1. The first-order valence-corrected chi connectivity index (χ1v) is 7.21. The molecule has 0 aromatic rings. The average Bonchev–Trinajstić information content (AvgIpc) is 2.31. The Kier molecular flexibility index (Phi) is 5.46. The lowest BCUT2D eigenvalue weighted by atomic mass is 9.71. The minimum atomic E-state index is 0.171. The molecule has 0 radical (unpaired) electrons. The highest BCUT2D eigenvalue weighted by Crippen LogP contribution is 2.39. The Morgan fingerprint density at radius 2 is 1.76 bits per heavy atom. The van der Waals surface area contributed by atoms with Gasteiger partial charge in [-0.15, -0.1) is 0 Å². The molecule has 0 spiro atoms. The smallest absolute Gasteiger partial charge is 0.0499 e. The van der Waals surface area contributed by atoms with Crippen LogP contribution in [0.15, 0.2) is 0 Å². The lowest BCUT2D eigenvalue weighted by Crippen LogP contribution is -2.45. The molecule has 1 unspecified atom stereocenters. The van der Waals surface area contributed by atoms with E-state index in [1.165, 1.54) is 25.7 Å². The molecule has 0 aliphatic heterocycles. The van der Waals surface area contributed by atoms with Gasteiger partial charge >= 0.3 is 0 Å². The summed E-state index contributed by atoms with van der Waals surface area (Å²) in [5, 5.41) is 9.77. The summed E-state index contributed by atoms with van der Waals surface area (Å²) in [5.74, 6) is 1.53. The van der Waals surface area contributed by atoms with Gasteiger partial charge in [-0.1, -0.05) is 33.6 Å². The van der Waals surface area contributed by atoms with Crippen LogP contribution in [-0.2, 0) is 0 Å². The van der Waals surface area contributed by atoms with Crippen molar-refractivity contribution in [2.45, 2.75) is 59.4 Å².